The van der Waals surface area contributed by atoms with Gasteiger partial charge in [0.15, 0.2) is 0 Å². The molecule has 0 fully saturated rings. The summed E-state index contributed by atoms with van der Waals surface area (Å²) in [5.41, 5.74) is -0.0895. The van der Waals surface area contributed by atoms with Crippen LogP contribution in [0, 0.1) is 0 Å². The van der Waals surface area contributed by atoms with Crippen LogP contribution in [0.15, 0.2) is 18.2 Å². The molecule has 0 saturated heterocycles. The Morgan fingerprint density at radius 1 is 1.44 bits per heavy atom. The zero-order chi connectivity index (χ0) is 11.6. The van der Waals surface area contributed by atoms with Crippen molar-refractivity contribution in [2.24, 2.45) is 0 Å². The second kappa shape index (κ2) is 6.09. The first-order valence-electron chi connectivity index (χ1n) is 3.94. The van der Waals surface area contributed by atoms with Crippen molar-refractivity contribution in [3.63, 3.8) is 0 Å². The van der Waals surface area contributed by atoms with E-state index in [0.29, 0.717) is 0 Å². The Bertz CT molecular complexity index is 444. The Hall–Kier alpha value is 0.0282. The van der Waals surface area contributed by atoms with Crippen molar-refractivity contribution in [3.05, 3.63) is 18.2 Å². The van der Waals surface area contributed by atoms with Crippen molar-refractivity contribution >= 4 is 67.9 Å². The number of nitrogens with one attached hydrogen (secondary N) is 1. The molecule has 2 N–H and O–H groups in total. The molecule has 0 bridgehead atoms. The summed E-state index contributed by atoms with van der Waals surface area (Å²) in [6.45, 7) is 1.20. The van der Waals surface area contributed by atoms with Gasteiger partial charge < -0.3 is 0 Å². The van der Waals surface area contributed by atoms with Gasteiger partial charge in [0.1, 0.15) is 0 Å². The van der Waals surface area contributed by atoms with E-state index in [-0.39, 0.29) is 49.2 Å². The molecule has 0 heterocycles. The molecule has 0 aliphatic heterocycles. The van der Waals surface area contributed by atoms with Crippen LogP contribution in [-0.2, 0) is 8.53 Å². The standard InChI is InChI=1S/C8H10AsNO5.Ca/c1-5(11)10-7-4-6(9(13,14)15)2-3-8(7)12;/h2-4,12H,1H3,(H,10,11)(H2,13,14,15);/q;+2/p-2. The van der Waals surface area contributed by atoms with E-state index >= 15 is 0 Å². The quantitative estimate of drug-likeness (QED) is 0.455. The molecule has 1 amide bonds. The fraction of sp³-hybridized carbons (Fsp3) is 0.125. The first-order valence-corrected chi connectivity index (χ1v) is 7.17. The normalized spacial score (nSPS) is 10.4. The summed E-state index contributed by atoms with van der Waals surface area (Å²) >= 11 is -5.48. The minimum Gasteiger partial charge on any atom is 2.00 e. The summed E-state index contributed by atoms with van der Waals surface area (Å²) in [5, 5.41) is 11.5. The molecule has 0 atom stereocenters. The third-order valence-electron chi connectivity index (χ3n) is 1.61. The van der Waals surface area contributed by atoms with E-state index in [4.69, 9.17) is 0 Å². The van der Waals surface area contributed by atoms with Gasteiger partial charge in [-0.25, -0.2) is 0 Å². The van der Waals surface area contributed by atoms with Crippen molar-refractivity contribution in [2.45, 2.75) is 6.92 Å². The van der Waals surface area contributed by atoms with Crippen molar-refractivity contribution in [2.75, 3.05) is 5.32 Å². The second-order valence-electron chi connectivity index (χ2n) is 2.88. The fourth-order valence-electron chi connectivity index (χ4n) is 0.984. The van der Waals surface area contributed by atoms with Gasteiger partial charge in [0.05, 0.1) is 0 Å². The number of rotatable bonds is 2. The number of carbonyl (C=O) groups is 1. The van der Waals surface area contributed by atoms with Gasteiger partial charge in [-0.05, 0) is 0 Å². The molecule has 0 saturated carbocycles. The average molecular weight is 313 g/mol. The molecule has 0 aliphatic carbocycles. The second-order valence-corrected chi connectivity index (χ2v) is 6.05. The Morgan fingerprint density at radius 3 is 2.44 bits per heavy atom. The maximum absolute atomic E-state index is 10.7. The molecular weight excluding hydrogens is 305 g/mol. The first-order chi connectivity index (χ1) is 6.80. The van der Waals surface area contributed by atoms with Crippen LogP contribution in [0.5, 0.6) is 5.75 Å². The number of benzene rings is 1. The maximum atomic E-state index is 10.7. The Morgan fingerprint density at radius 2 is 2.00 bits per heavy atom. The number of phenolic OH excluding ortho intramolecular Hbond substituents is 1. The van der Waals surface area contributed by atoms with Crippen molar-refractivity contribution in [1.29, 1.82) is 0 Å². The van der Waals surface area contributed by atoms with Gasteiger partial charge >= 0.3 is 126 Å². The molecule has 16 heavy (non-hydrogen) atoms. The van der Waals surface area contributed by atoms with Gasteiger partial charge in [-0.1, -0.05) is 0 Å². The minimum atomic E-state index is -5.48. The van der Waals surface area contributed by atoms with Crippen LogP contribution < -0.4 is 17.9 Å². The zero-order valence-electron chi connectivity index (χ0n) is 8.47. The minimum absolute atomic E-state index is 0. The molecule has 1 rings (SSSR count). The molecule has 0 radical (unpaired) electrons. The van der Waals surface area contributed by atoms with Gasteiger partial charge in [-0.3, -0.25) is 0 Å². The van der Waals surface area contributed by atoms with Crippen LogP contribution in [0.4, 0.5) is 5.69 Å². The van der Waals surface area contributed by atoms with Gasteiger partial charge in [-0.2, -0.15) is 0 Å². The van der Waals surface area contributed by atoms with E-state index in [2.05, 4.69) is 5.32 Å². The number of aromatic hydroxyl groups is 1. The van der Waals surface area contributed by atoms with Crippen LogP contribution in [-0.4, -0.2) is 62.9 Å². The summed E-state index contributed by atoms with van der Waals surface area (Å²) in [6, 6.07) is 2.99. The van der Waals surface area contributed by atoms with E-state index in [1.807, 2.05) is 0 Å². The van der Waals surface area contributed by atoms with Gasteiger partial charge in [0.2, 0.25) is 0 Å². The van der Waals surface area contributed by atoms with Crippen LogP contribution in [0.3, 0.4) is 0 Å². The fourth-order valence-corrected chi connectivity index (χ4v) is 2.13. The molecule has 1 aromatic carbocycles. The summed E-state index contributed by atoms with van der Waals surface area (Å²) < 4.78 is 31.7. The van der Waals surface area contributed by atoms with Gasteiger partial charge in [0, 0.05) is 0 Å². The molecule has 0 aromatic heterocycles. The van der Waals surface area contributed by atoms with Crippen LogP contribution in [0.25, 0.3) is 0 Å². The predicted octanol–water partition coefficient (Wildman–Crippen LogP) is -2.73. The molecule has 0 spiro atoms. The van der Waals surface area contributed by atoms with E-state index in [9.17, 15) is 21.8 Å². The molecule has 82 valence electrons. The molecule has 0 aliphatic rings. The van der Waals surface area contributed by atoms with Gasteiger partial charge in [-0.15, -0.1) is 0 Å². The average Bonchev–Trinajstić information content (AvgIpc) is 2.06. The Labute approximate surface area is 125 Å². The molecule has 6 nitrogen and oxygen atoms in total. The first kappa shape index (κ1) is 16.0. The van der Waals surface area contributed by atoms with Crippen molar-refractivity contribution < 1.29 is 21.8 Å². The van der Waals surface area contributed by atoms with Crippen molar-refractivity contribution in [1.82, 2.24) is 0 Å². The Kier molecular flexibility index (Phi) is 6.11. The molecule has 8 heteroatoms. The van der Waals surface area contributed by atoms with Crippen molar-refractivity contribution in [3.8, 4) is 5.75 Å². The number of anilines is 1. The number of hydrogen-bond donors (Lipinski definition) is 2. The monoisotopic (exact) mass is 313 g/mol. The van der Waals surface area contributed by atoms with Gasteiger partial charge in [0.25, 0.3) is 0 Å². The van der Waals surface area contributed by atoms with Crippen LogP contribution in [0.2, 0.25) is 0 Å². The third kappa shape index (κ3) is 4.49. The molecule has 0 unspecified atom stereocenters. The van der Waals surface area contributed by atoms with E-state index in [1.54, 1.807) is 0 Å². The molecule has 1 aromatic rings. The largest absolute Gasteiger partial charge is 2.00 e. The van der Waals surface area contributed by atoms with E-state index in [1.165, 1.54) is 6.92 Å². The smallest absolute Gasteiger partial charge is 2.00 e. The van der Waals surface area contributed by atoms with E-state index in [0.717, 1.165) is 18.2 Å². The number of hydrogen-bond acceptors (Lipinski definition) is 5. The Balaban J connectivity index is 0.00000225. The number of amides is 1. The maximum Gasteiger partial charge on any atom is 2.00 e. The SMILES string of the molecule is CC(=O)Nc1cc([As](=O)([O-])[O-])ccc1O.[Ca+2]. The van der Waals surface area contributed by atoms with Crippen LogP contribution in [0.1, 0.15) is 6.92 Å². The number of carbonyl (C=O) groups excluding carboxylic acids is 1. The predicted molar refractivity (Wildman–Crippen MR) is 54.2 cm³/mol. The summed E-state index contributed by atoms with van der Waals surface area (Å²) in [4.78, 5) is 10.7. The summed E-state index contributed by atoms with van der Waals surface area (Å²) in [6.07, 6.45) is 0. The molecular formula is C8H8AsCaNO5. The summed E-state index contributed by atoms with van der Waals surface area (Å²) in [5.74, 6) is -0.765. The van der Waals surface area contributed by atoms with E-state index < -0.39 is 24.4 Å². The summed E-state index contributed by atoms with van der Waals surface area (Å²) in [7, 11) is 0. The topological polar surface area (TPSA) is 113 Å². The third-order valence-corrected chi connectivity index (χ3v) is 3.52. The zero-order valence-corrected chi connectivity index (χ0v) is 12.6. The van der Waals surface area contributed by atoms with Crippen LogP contribution >= 0.6 is 0 Å². The number of phenols is 1.